The van der Waals surface area contributed by atoms with Crippen LogP contribution in [0.4, 0.5) is 0 Å². The molecule has 3 aromatic heterocycles. The number of nitrogens with one attached hydrogen (secondary N) is 1. The molecule has 0 aliphatic carbocycles. The summed E-state index contributed by atoms with van der Waals surface area (Å²) in [5.74, 6) is 0.184. The molecular weight excluding hydrogens is 394 g/mol. The van der Waals surface area contributed by atoms with Crippen molar-refractivity contribution >= 4 is 28.8 Å². The van der Waals surface area contributed by atoms with Gasteiger partial charge in [-0.1, -0.05) is 35.0 Å². The fourth-order valence-electron chi connectivity index (χ4n) is 2.90. The summed E-state index contributed by atoms with van der Waals surface area (Å²) in [6.45, 7) is 2.08. The minimum Gasteiger partial charge on any atom is -0.360 e. The Bertz CT molecular complexity index is 1120. The number of rotatable bonds is 5. The van der Waals surface area contributed by atoms with Gasteiger partial charge in [0.25, 0.3) is 5.91 Å². The Kier molecular flexibility index (Phi) is 5.23. The molecule has 0 atom stereocenters. The van der Waals surface area contributed by atoms with Crippen LogP contribution in [-0.4, -0.2) is 16.0 Å². The number of amides is 1. The molecule has 28 heavy (non-hydrogen) atoms. The van der Waals surface area contributed by atoms with Gasteiger partial charge in [-0.05, 0) is 42.1 Å². The molecule has 0 fully saturated rings. The van der Waals surface area contributed by atoms with E-state index >= 15 is 0 Å². The van der Waals surface area contributed by atoms with Crippen molar-refractivity contribution in [2.45, 2.75) is 13.5 Å². The monoisotopic (exact) mass is 409 g/mol. The van der Waals surface area contributed by atoms with Gasteiger partial charge in [0, 0.05) is 29.2 Å². The number of nitrogens with zero attached hydrogens (tertiary/aromatic N) is 2. The number of halogens is 1. The fraction of sp³-hybridized carbons (Fsp3) is 0.0952. The Balaban J connectivity index is 1.55. The van der Waals surface area contributed by atoms with Gasteiger partial charge < -0.3 is 9.84 Å². The highest BCUT2D eigenvalue weighted by molar-refractivity contribution is 7.08. The molecule has 0 aliphatic rings. The molecule has 1 amide bonds. The van der Waals surface area contributed by atoms with Crippen molar-refractivity contribution in [2.24, 2.45) is 0 Å². The highest BCUT2D eigenvalue weighted by Crippen LogP contribution is 2.31. The number of pyridine rings is 1. The molecule has 0 bridgehead atoms. The van der Waals surface area contributed by atoms with Crippen LogP contribution in [0.1, 0.15) is 21.7 Å². The van der Waals surface area contributed by atoms with E-state index in [4.69, 9.17) is 16.1 Å². The molecule has 0 aliphatic heterocycles. The second kappa shape index (κ2) is 7.96. The summed E-state index contributed by atoms with van der Waals surface area (Å²) in [7, 11) is 0. The van der Waals surface area contributed by atoms with Crippen LogP contribution < -0.4 is 5.32 Å². The zero-order chi connectivity index (χ0) is 19.5. The normalized spacial score (nSPS) is 10.8. The van der Waals surface area contributed by atoms with Crippen LogP contribution >= 0.6 is 22.9 Å². The first kappa shape index (κ1) is 18.4. The van der Waals surface area contributed by atoms with Gasteiger partial charge in [0.05, 0.1) is 10.7 Å². The maximum atomic E-state index is 12.9. The summed E-state index contributed by atoms with van der Waals surface area (Å²) in [6.07, 6.45) is 1.74. The van der Waals surface area contributed by atoms with Gasteiger partial charge in [-0.15, -0.1) is 0 Å². The Morgan fingerprint density at radius 1 is 1.25 bits per heavy atom. The molecule has 140 valence electrons. The maximum absolute atomic E-state index is 12.9. The number of carbonyl (C=O) groups excluding carboxylic acids is 1. The van der Waals surface area contributed by atoms with E-state index in [2.05, 4.69) is 15.5 Å². The van der Waals surface area contributed by atoms with E-state index in [0.717, 1.165) is 16.8 Å². The second-order valence-electron chi connectivity index (χ2n) is 6.19. The lowest BCUT2D eigenvalue weighted by molar-refractivity contribution is 0.0950. The predicted molar refractivity (Wildman–Crippen MR) is 110 cm³/mol. The van der Waals surface area contributed by atoms with E-state index in [1.165, 1.54) is 0 Å². The van der Waals surface area contributed by atoms with Crippen LogP contribution in [-0.2, 0) is 6.54 Å². The molecule has 0 saturated carbocycles. The van der Waals surface area contributed by atoms with Gasteiger partial charge in [0.2, 0.25) is 0 Å². The largest absolute Gasteiger partial charge is 0.360 e. The van der Waals surface area contributed by atoms with Crippen LogP contribution in [0.5, 0.6) is 0 Å². The van der Waals surface area contributed by atoms with E-state index in [-0.39, 0.29) is 5.91 Å². The summed E-state index contributed by atoms with van der Waals surface area (Å²) in [5, 5.41) is 11.5. The van der Waals surface area contributed by atoms with E-state index in [1.807, 2.05) is 47.2 Å². The van der Waals surface area contributed by atoms with Crippen molar-refractivity contribution in [1.29, 1.82) is 0 Å². The number of hydrogen-bond acceptors (Lipinski definition) is 5. The molecule has 7 heteroatoms. The molecule has 1 N–H and O–H groups in total. The van der Waals surface area contributed by atoms with E-state index < -0.39 is 0 Å². The van der Waals surface area contributed by atoms with Gasteiger partial charge in [-0.25, -0.2) is 0 Å². The molecule has 3 heterocycles. The molecule has 4 rings (SSSR count). The number of carbonyl (C=O) groups is 1. The maximum Gasteiger partial charge on any atom is 0.257 e. The van der Waals surface area contributed by atoms with E-state index in [0.29, 0.717) is 34.1 Å². The molecule has 5 nitrogen and oxygen atoms in total. The van der Waals surface area contributed by atoms with Crippen molar-refractivity contribution < 1.29 is 9.32 Å². The number of hydrogen-bond donors (Lipinski definition) is 1. The van der Waals surface area contributed by atoms with Gasteiger partial charge in [0.15, 0.2) is 0 Å². The first-order valence-corrected chi connectivity index (χ1v) is 9.92. The SMILES string of the molecule is Cc1onc(-c2ccccc2Cl)c1C(=O)NCc1ccnc(-c2ccsc2)c1. The fourth-order valence-corrected chi connectivity index (χ4v) is 3.77. The van der Waals surface area contributed by atoms with Gasteiger partial charge >= 0.3 is 0 Å². The lowest BCUT2D eigenvalue weighted by Gasteiger charge is -2.08. The second-order valence-corrected chi connectivity index (χ2v) is 7.37. The molecule has 0 unspecified atom stereocenters. The van der Waals surface area contributed by atoms with Gasteiger partial charge in [0.1, 0.15) is 17.0 Å². The first-order valence-electron chi connectivity index (χ1n) is 8.60. The standard InChI is InChI=1S/C21H16ClN3O2S/c1-13-19(20(25-27-13)16-4-2-3-5-17(16)22)21(26)24-11-14-6-8-23-18(10-14)15-7-9-28-12-15/h2-10,12H,11H2,1H3,(H,24,26). The van der Waals surface area contributed by atoms with Crippen molar-refractivity contribution in [2.75, 3.05) is 0 Å². The average Bonchev–Trinajstić information content (AvgIpc) is 3.37. The number of benzene rings is 1. The van der Waals surface area contributed by atoms with Crippen LogP contribution in [0.15, 0.2) is 63.9 Å². The van der Waals surface area contributed by atoms with Crippen molar-refractivity contribution in [1.82, 2.24) is 15.5 Å². The molecule has 4 aromatic rings. The summed E-state index contributed by atoms with van der Waals surface area (Å²) < 4.78 is 5.27. The third-order valence-corrected chi connectivity index (χ3v) is 5.33. The van der Waals surface area contributed by atoms with Gasteiger partial charge in [-0.2, -0.15) is 11.3 Å². The summed E-state index contributed by atoms with van der Waals surface area (Å²) in [5.41, 5.74) is 4.39. The van der Waals surface area contributed by atoms with Crippen molar-refractivity contribution in [3.05, 3.63) is 81.3 Å². The molecule has 0 saturated heterocycles. The molecular formula is C21H16ClN3O2S. The predicted octanol–water partition coefficient (Wildman–Crippen LogP) is 5.36. The third-order valence-electron chi connectivity index (χ3n) is 4.31. The summed E-state index contributed by atoms with van der Waals surface area (Å²) in [6, 6.07) is 13.1. The zero-order valence-corrected chi connectivity index (χ0v) is 16.6. The van der Waals surface area contributed by atoms with Crippen molar-refractivity contribution in [3.63, 3.8) is 0 Å². The molecule has 0 spiro atoms. The van der Waals surface area contributed by atoms with Crippen LogP contribution in [0, 0.1) is 6.92 Å². The third kappa shape index (κ3) is 3.69. The van der Waals surface area contributed by atoms with Crippen LogP contribution in [0.3, 0.4) is 0 Å². The summed E-state index contributed by atoms with van der Waals surface area (Å²) in [4.78, 5) is 17.2. The Hall–Kier alpha value is -2.96. The minimum atomic E-state index is -0.262. The molecule has 0 radical (unpaired) electrons. The quantitative estimate of drug-likeness (QED) is 0.482. The Morgan fingerprint density at radius 3 is 2.89 bits per heavy atom. The average molecular weight is 410 g/mol. The zero-order valence-electron chi connectivity index (χ0n) is 15.0. The number of aryl methyl sites for hydroxylation is 1. The highest BCUT2D eigenvalue weighted by atomic mass is 35.5. The lowest BCUT2D eigenvalue weighted by atomic mass is 10.1. The minimum absolute atomic E-state index is 0.262. The highest BCUT2D eigenvalue weighted by Gasteiger charge is 2.22. The van der Waals surface area contributed by atoms with Gasteiger partial charge in [-0.3, -0.25) is 9.78 Å². The van der Waals surface area contributed by atoms with Crippen LogP contribution in [0.2, 0.25) is 5.02 Å². The lowest BCUT2D eigenvalue weighted by Crippen LogP contribution is -2.23. The van der Waals surface area contributed by atoms with E-state index in [1.54, 1.807) is 30.5 Å². The number of thiophene rings is 1. The number of aromatic nitrogens is 2. The Morgan fingerprint density at radius 2 is 2.11 bits per heavy atom. The van der Waals surface area contributed by atoms with E-state index in [9.17, 15) is 4.79 Å². The van der Waals surface area contributed by atoms with Crippen LogP contribution in [0.25, 0.3) is 22.5 Å². The smallest absolute Gasteiger partial charge is 0.257 e. The molecule has 1 aromatic carbocycles. The first-order chi connectivity index (χ1) is 13.6. The topological polar surface area (TPSA) is 68.0 Å². The summed E-state index contributed by atoms with van der Waals surface area (Å²) >= 11 is 7.89. The Labute approximate surface area is 171 Å². The van der Waals surface area contributed by atoms with Crippen molar-refractivity contribution in [3.8, 4) is 22.5 Å².